The van der Waals surface area contributed by atoms with Crippen LogP contribution in [0.5, 0.6) is 0 Å². The van der Waals surface area contributed by atoms with E-state index in [4.69, 9.17) is 0 Å². The van der Waals surface area contributed by atoms with Gasteiger partial charge in [-0.2, -0.15) is 0 Å². The first-order valence-electron chi connectivity index (χ1n) is 6.96. The van der Waals surface area contributed by atoms with Crippen molar-refractivity contribution in [3.63, 3.8) is 0 Å². The molecule has 2 unspecified atom stereocenters. The summed E-state index contributed by atoms with van der Waals surface area (Å²) in [5.74, 6) is 0.00208. The first kappa shape index (κ1) is 15.8. The quantitative estimate of drug-likeness (QED) is 0.855. The van der Waals surface area contributed by atoms with Gasteiger partial charge in [0.15, 0.2) is 0 Å². The summed E-state index contributed by atoms with van der Waals surface area (Å²) in [5.41, 5.74) is -0.341. The highest BCUT2D eigenvalue weighted by Crippen LogP contribution is 2.26. The van der Waals surface area contributed by atoms with Crippen LogP contribution in [0.3, 0.4) is 0 Å². The Balaban J connectivity index is 2.85. The minimum Gasteiger partial charge on any atom is -0.453 e. The summed E-state index contributed by atoms with van der Waals surface area (Å²) in [6.07, 6.45) is 2.50. The van der Waals surface area contributed by atoms with E-state index in [0.717, 1.165) is 25.8 Å². The van der Waals surface area contributed by atoms with E-state index in [0.29, 0.717) is 6.04 Å². The van der Waals surface area contributed by atoms with Crippen LogP contribution in [0.4, 0.5) is 4.79 Å². The van der Waals surface area contributed by atoms with Crippen LogP contribution in [0.15, 0.2) is 0 Å². The summed E-state index contributed by atoms with van der Waals surface area (Å²) in [6, 6.07) is -0.246. The third kappa shape index (κ3) is 3.85. The van der Waals surface area contributed by atoms with Crippen molar-refractivity contribution in [1.82, 2.24) is 10.2 Å². The molecule has 110 valence electrons. The molecule has 1 saturated heterocycles. The predicted molar refractivity (Wildman–Crippen MR) is 73.8 cm³/mol. The molecule has 0 aromatic rings. The normalized spacial score (nSPS) is 21.1. The Labute approximate surface area is 115 Å². The van der Waals surface area contributed by atoms with Crippen molar-refractivity contribution >= 4 is 12.0 Å². The Hall–Kier alpha value is -1.26. The van der Waals surface area contributed by atoms with E-state index >= 15 is 0 Å². The largest absolute Gasteiger partial charge is 0.453 e. The van der Waals surface area contributed by atoms with Crippen molar-refractivity contribution in [1.29, 1.82) is 0 Å². The zero-order chi connectivity index (χ0) is 14.6. The lowest BCUT2D eigenvalue weighted by Crippen LogP contribution is -2.55. The van der Waals surface area contributed by atoms with Crippen molar-refractivity contribution in [2.75, 3.05) is 13.7 Å². The Morgan fingerprint density at radius 2 is 2.05 bits per heavy atom. The van der Waals surface area contributed by atoms with Crippen molar-refractivity contribution in [2.45, 2.75) is 59.0 Å². The van der Waals surface area contributed by atoms with E-state index in [1.807, 2.05) is 25.7 Å². The molecule has 1 N–H and O–H groups in total. The molecule has 1 aliphatic rings. The Bertz CT molecular complexity index is 336. The van der Waals surface area contributed by atoms with Gasteiger partial charge in [-0.15, -0.1) is 0 Å². The first-order valence-corrected chi connectivity index (χ1v) is 6.96. The predicted octanol–water partition coefficient (Wildman–Crippen LogP) is 2.16. The number of nitrogens with zero attached hydrogens (tertiary/aromatic N) is 1. The fourth-order valence-electron chi connectivity index (χ4n) is 2.54. The second kappa shape index (κ2) is 6.26. The SMILES string of the molecule is CCC1CCCN1C(=O)C(NC(=O)OC)C(C)(C)C. The number of carbonyl (C=O) groups is 2. The number of alkyl carbamates (subject to hydrolysis) is 1. The first-order chi connectivity index (χ1) is 8.81. The lowest BCUT2D eigenvalue weighted by Gasteiger charge is -2.35. The van der Waals surface area contributed by atoms with E-state index in [9.17, 15) is 9.59 Å². The smallest absolute Gasteiger partial charge is 0.407 e. The number of ether oxygens (including phenoxy) is 1. The molecule has 1 heterocycles. The molecule has 0 spiro atoms. The molecule has 1 rings (SSSR count). The van der Waals surface area contributed by atoms with Crippen LogP contribution in [0, 0.1) is 5.41 Å². The highest BCUT2D eigenvalue weighted by molar-refractivity contribution is 5.86. The fraction of sp³-hybridized carbons (Fsp3) is 0.857. The van der Waals surface area contributed by atoms with E-state index in [1.165, 1.54) is 7.11 Å². The number of amides is 2. The minimum atomic E-state index is -0.555. The van der Waals surface area contributed by atoms with Gasteiger partial charge in [-0.1, -0.05) is 27.7 Å². The van der Waals surface area contributed by atoms with Gasteiger partial charge in [0.05, 0.1) is 7.11 Å². The molecule has 2 atom stereocenters. The molecule has 0 radical (unpaired) electrons. The Morgan fingerprint density at radius 1 is 1.42 bits per heavy atom. The molecular weight excluding hydrogens is 244 g/mol. The molecule has 1 fully saturated rings. The number of methoxy groups -OCH3 is 1. The Morgan fingerprint density at radius 3 is 2.53 bits per heavy atom. The third-order valence-electron chi connectivity index (χ3n) is 3.69. The van der Waals surface area contributed by atoms with Gasteiger partial charge in [-0.3, -0.25) is 4.79 Å². The molecule has 0 bridgehead atoms. The van der Waals surface area contributed by atoms with E-state index in [1.54, 1.807) is 0 Å². The number of hydrogen-bond acceptors (Lipinski definition) is 3. The zero-order valence-corrected chi connectivity index (χ0v) is 12.7. The van der Waals surface area contributed by atoms with Gasteiger partial charge in [0.25, 0.3) is 0 Å². The van der Waals surface area contributed by atoms with Gasteiger partial charge in [0.2, 0.25) is 5.91 Å². The number of likely N-dealkylation sites (tertiary alicyclic amines) is 1. The standard InChI is InChI=1S/C14H26N2O3/c1-6-10-8-7-9-16(10)12(17)11(14(2,3)4)15-13(18)19-5/h10-11H,6-9H2,1-5H3,(H,15,18). The van der Waals surface area contributed by atoms with Gasteiger partial charge < -0.3 is 15.0 Å². The van der Waals surface area contributed by atoms with E-state index in [-0.39, 0.29) is 11.3 Å². The lowest BCUT2D eigenvalue weighted by atomic mass is 9.85. The lowest BCUT2D eigenvalue weighted by molar-refractivity contribution is -0.136. The molecule has 5 heteroatoms. The molecule has 0 aromatic carbocycles. The molecule has 2 amide bonds. The highest BCUT2D eigenvalue weighted by atomic mass is 16.5. The van der Waals surface area contributed by atoms with Gasteiger partial charge in [0, 0.05) is 12.6 Å². The second-order valence-corrected chi connectivity index (χ2v) is 6.17. The molecule has 1 aliphatic heterocycles. The second-order valence-electron chi connectivity index (χ2n) is 6.17. The van der Waals surface area contributed by atoms with Gasteiger partial charge in [-0.05, 0) is 24.7 Å². The topological polar surface area (TPSA) is 58.6 Å². The average molecular weight is 270 g/mol. The van der Waals surface area contributed by atoms with Crippen molar-refractivity contribution in [3.05, 3.63) is 0 Å². The van der Waals surface area contributed by atoms with Crippen LogP contribution in [0.1, 0.15) is 47.0 Å². The maximum Gasteiger partial charge on any atom is 0.407 e. The summed E-state index contributed by atoms with van der Waals surface area (Å²) in [7, 11) is 1.31. The summed E-state index contributed by atoms with van der Waals surface area (Å²) in [4.78, 5) is 26.0. The summed E-state index contributed by atoms with van der Waals surface area (Å²) >= 11 is 0. The van der Waals surface area contributed by atoms with E-state index < -0.39 is 12.1 Å². The van der Waals surface area contributed by atoms with Crippen LogP contribution in [-0.4, -0.2) is 42.6 Å². The van der Waals surface area contributed by atoms with Gasteiger partial charge >= 0.3 is 6.09 Å². The fourth-order valence-corrected chi connectivity index (χ4v) is 2.54. The highest BCUT2D eigenvalue weighted by Gasteiger charge is 2.39. The van der Waals surface area contributed by atoms with Crippen LogP contribution in [-0.2, 0) is 9.53 Å². The number of carbonyl (C=O) groups excluding carboxylic acids is 2. The van der Waals surface area contributed by atoms with E-state index in [2.05, 4.69) is 17.0 Å². The zero-order valence-electron chi connectivity index (χ0n) is 12.7. The molecular formula is C14H26N2O3. The monoisotopic (exact) mass is 270 g/mol. The maximum absolute atomic E-state index is 12.7. The summed E-state index contributed by atoms with van der Waals surface area (Å²) in [5, 5.41) is 2.68. The van der Waals surface area contributed by atoms with Crippen molar-refractivity contribution in [3.8, 4) is 0 Å². The molecule has 19 heavy (non-hydrogen) atoms. The van der Waals surface area contributed by atoms with Crippen molar-refractivity contribution < 1.29 is 14.3 Å². The maximum atomic E-state index is 12.7. The Kier molecular flexibility index (Phi) is 5.20. The summed E-state index contributed by atoms with van der Waals surface area (Å²) < 4.78 is 4.62. The van der Waals surface area contributed by atoms with Crippen LogP contribution < -0.4 is 5.32 Å². The minimum absolute atomic E-state index is 0.00208. The number of hydrogen-bond donors (Lipinski definition) is 1. The van der Waals surface area contributed by atoms with Crippen LogP contribution in [0.25, 0.3) is 0 Å². The van der Waals surface area contributed by atoms with Crippen LogP contribution >= 0.6 is 0 Å². The van der Waals surface area contributed by atoms with Crippen molar-refractivity contribution in [2.24, 2.45) is 5.41 Å². The number of rotatable bonds is 3. The molecule has 0 aliphatic carbocycles. The van der Waals surface area contributed by atoms with Crippen LogP contribution in [0.2, 0.25) is 0 Å². The average Bonchev–Trinajstić information content (AvgIpc) is 2.81. The van der Waals surface area contributed by atoms with Gasteiger partial charge in [-0.25, -0.2) is 4.79 Å². The molecule has 5 nitrogen and oxygen atoms in total. The molecule has 0 aromatic heterocycles. The molecule has 0 saturated carbocycles. The number of nitrogens with one attached hydrogen (secondary N) is 1. The summed E-state index contributed by atoms with van der Waals surface area (Å²) in [6.45, 7) is 8.72. The van der Waals surface area contributed by atoms with Gasteiger partial charge in [0.1, 0.15) is 6.04 Å². The third-order valence-corrected chi connectivity index (χ3v) is 3.69.